The topological polar surface area (TPSA) is 55.8 Å². The zero-order valence-electron chi connectivity index (χ0n) is 16.8. The number of benzene rings is 1. The summed E-state index contributed by atoms with van der Waals surface area (Å²) in [5.74, 6) is 0.151. The Balaban J connectivity index is 2.34. The molecule has 0 amide bonds. The Morgan fingerprint density at radius 3 is 1.85 bits per heavy atom. The summed E-state index contributed by atoms with van der Waals surface area (Å²) in [7, 11) is 0. The Labute approximate surface area is 173 Å². The Kier molecular flexibility index (Phi) is 9.00. The number of carboxylic acid groups (broad SMARTS) is 1. The van der Waals surface area contributed by atoms with Crippen LogP contribution in [0, 0.1) is 0 Å². The van der Waals surface area contributed by atoms with Gasteiger partial charge in [0.05, 0.1) is 0 Å². The second-order valence-electron chi connectivity index (χ2n) is 7.33. The standard InChI is InChI=1S/C13H27.C9H5O4.Sn/c1-4-7-10-13(11-8-5-2)12-9-6-3;10-9(11)8-5-12-6-3-1-2-4-7(6)13-8;/h4-12H2,1-3H3;1-4H,(H,10,11);. The van der Waals surface area contributed by atoms with E-state index in [0.29, 0.717) is 15.3 Å². The fraction of sp³-hybridized carbons (Fsp3) is 0.591. The summed E-state index contributed by atoms with van der Waals surface area (Å²) in [6.07, 6.45) is 10.6. The van der Waals surface area contributed by atoms with Gasteiger partial charge in [-0.15, -0.1) is 0 Å². The second kappa shape index (κ2) is 11.0. The quantitative estimate of drug-likeness (QED) is 0.366. The molecule has 0 aromatic heterocycles. The first-order valence-electron chi connectivity index (χ1n) is 10.3. The van der Waals surface area contributed by atoms with Crippen LogP contribution < -0.4 is 9.47 Å². The van der Waals surface area contributed by atoms with Gasteiger partial charge >= 0.3 is 174 Å². The monoisotopic (exact) mass is 480 g/mol. The molecule has 148 valence electrons. The molecule has 0 spiro atoms. The molecule has 5 heteroatoms. The Bertz CT molecular complexity index is 632. The Morgan fingerprint density at radius 2 is 1.41 bits per heavy atom. The average Bonchev–Trinajstić information content (AvgIpc) is 2.68. The van der Waals surface area contributed by atoms with Crippen molar-refractivity contribution in [3.8, 4) is 11.5 Å². The van der Waals surface area contributed by atoms with E-state index in [-0.39, 0.29) is 9.19 Å². The molecule has 2 rings (SSSR count). The van der Waals surface area contributed by atoms with Crippen molar-refractivity contribution in [2.75, 3.05) is 0 Å². The number of aliphatic carboxylic acids is 1. The van der Waals surface area contributed by atoms with E-state index in [1.165, 1.54) is 57.8 Å². The Hall–Kier alpha value is -1.17. The van der Waals surface area contributed by atoms with Crippen molar-refractivity contribution in [1.29, 1.82) is 0 Å². The maximum atomic E-state index is 11.9. The van der Waals surface area contributed by atoms with Crippen LogP contribution in [0.15, 0.2) is 33.8 Å². The van der Waals surface area contributed by atoms with Crippen molar-refractivity contribution < 1.29 is 19.4 Å². The molecule has 1 aromatic carbocycles. The first kappa shape index (κ1) is 22.1. The number of carbonyl (C=O) groups is 1. The number of carboxylic acids is 1. The minimum absolute atomic E-state index is 0.0224. The van der Waals surface area contributed by atoms with Gasteiger partial charge in [0.25, 0.3) is 0 Å². The summed E-state index contributed by atoms with van der Waals surface area (Å²) in [4.78, 5) is 11.9. The SMILES string of the molecule is CCCC[C](CCCC)(CCCC)[Sn][C]1=C(C(=O)O)Oc2ccccc2O1. The summed E-state index contributed by atoms with van der Waals surface area (Å²) >= 11 is -1.32. The molecule has 1 heterocycles. The van der Waals surface area contributed by atoms with Crippen LogP contribution in [-0.4, -0.2) is 32.2 Å². The van der Waals surface area contributed by atoms with Crippen LogP contribution in [0.25, 0.3) is 0 Å². The molecule has 0 atom stereocenters. The minimum atomic E-state index is -1.32. The molecular formula is C22H32O4Sn. The number of ether oxygens (including phenoxy) is 2. The van der Waals surface area contributed by atoms with Gasteiger partial charge in [0.2, 0.25) is 0 Å². The number of unbranched alkanes of at least 4 members (excludes halogenated alkanes) is 3. The van der Waals surface area contributed by atoms with Gasteiger partial charge in [-0.1, -0.05) is 0 Å². The van der Waals surface area contributed by atoms with Gasteiger partial charge in [-0.25, -0.2) is 0 Å². The number of fused-ring (bicyclic) bond motifs is 1. The van der Waals surface area contributed by atoms with E-state index in [1.54, 1.807) is 6.07 Å². The van der Waals surface area contributed by atoms with Gasteiger partial charge in [-0.3, -0.25) is 0 Å². The number of para-hydroxylation sites is 2. The molecule has 0 fully saturated rings. The van der Waals surface area contributed by atoms with Crippen molar-refractivity contribution in [3.63, 3.8) is 0 Å². The van der Waals surface area contributed by atoms with E-state index < -0.39 is 27.1 Å². The predicted octanol–water partition coefficient (Wildman–Crippen LogP) is 6.15. The zero-order chi connectivity index (χ0) is 19.7. The molecule has 1 N–H and O–H groups in total. The molecule has 1 aromatic rings. The molecule has 0 bridgehead atoms. The summed E-state index contributed by atoms with van der Waals surface area (Å²) < 4.78 is 12.8. The van der Waals surface area contributed by atoms with Crippen LogP contribution in [0.2, 0.25) is 3.43 Å². The van der Waals surface area contributed by atoms with E-state index in [1.807, 2.05) is 18.2 Å². The third-order valence-electron chi connectivity index (χ3n) is 5.08. The van der Waals surface area contributed by atoms with Crippen LogP contribution in [0.4, 0.5) is 0 Å². The molecule has 27 heavy (non-hydrogen) atoms. The third kappa shape index (κ3) is 6.16. The van der Waals surface area contributed by atoms with Crippen molar-refractivity contribution in [3.05, 3.63) is 33.8 Å². The van der Waals surface area contributed by atoms with Gasteiger partial charge in [-0.2, -0.15) is 0 Å². The Morgan fingerprint density at radius 1 is 0.926 bits per heavy atom. The molecule has 0 unspecified atom stereocenters. The first-order chi connectivity index (χ1) is 13.0. The van der Waals surface area contributed by atoms with Gasteiger partial charge in [0.15, 0.2) is 0 Å². The molecule has 0 saturated carbocycles. The molecule has 2 radical (unpaired) electrons. The average molecular weight is 479 g/mol. The molecule has 0 saturated heterocycles. The fourth-order valence-electron chi connectivity index (χ4n) is 3.50. The number of hydrogen-bond acceptors (Lipinski definition) is 3. The fourth-order valence-corrected chi connectivity index (χ4v) is 8.70. The van der Waals surface area contributed by atoms with Gasteiger partial charge in [0.1, 0.15) is 0 Å². The van der Waals surface area contributed by atoms with E-state index in [4.69, 9.17) is 9.47 Å². The van der Waals surface area contributed by atoms with E-state index in [0.717, 1.165) is 0 Å². The summed E-state index contributed by atoms with van der Waals surface area (Å²) in [5.41, 5.74) is 0. The first-order valence-corrected chi connectivity index (χ1v) is 13.1. The third-order valence-corrected chi connectivity index (χ3v) is 10.3. The normalized spacial score (nSPS) is 13.7. The number of rotatable bonds is 12. The molecule has 4 nitrogen and oxygen atoms in total. The summed E-state index contributed by atoms with van der Waals surface area (Å²) in [6.45, 7) is 6.69. The molecule has 0 aliphatic carbocycles. The molecule has 1 aliphatic heterocycles. The van der Waals surface area contributed by atoms with Crippen LogP contribution in [0.5, 0.6) is 11.5 Å². The second-order valence-corrected chi connectivity index (χ2v) is 12.4. The van der Waals surface area contributed by atoms with E-state index in [2.05, 4.69) is 20.8 Å². The van der Waals surface area contributed by atoms with Crippen LogP contribution in [0.3, 0.4) is 0 Å². The number of hydrogen-bond donors (Lipinski definition) is 1. The van der Waals surface area contributed by atoms with E-state index >= 15 is 0 Å². The van der Waals surface area contributed by atoms with Crippen molar-refractivity contribution in [2.45, 2.75) is 82.0 Å². The predicted molar refractivity (Wildman–Crippen MR) is 109 cm³/mol. The van der Waals surface area contributed by atoms with Crippen molar-refractivity contribution >= 4 is 27.1 Å². The molecule has 1 aliphatic rings. The van der Waals surface area contributed by atoms with Gasteiger partial charge in [0, 0.05) is 0 Å². The van der Waals surface area contributed by atoms with Crippen LogP contribution in [-0.2, 0) is 4.79 Å². The molecular weight excluding hydrogens is 447 g/mol. The zero-order valence-corrected chi connectivity index (χ0v) is 19.7. The maximum absolute atomic E-state index is 11.9. The van der Waals surface area contributed by atoms with Crippen molar-refractivity contribution in [1.82, 2.24) is 0 Å². The van der Waals surface area contributed by atoms with Crippen LogP contribution >= 0.6 is 0 Å². The van der Waals surface area contributed by atoms with E-state index in [9.17, 15) is 9.90 Å². The van der Waals surface area contributed by atoms with Gasteiger partial charge in [-0.05, 0) is 0 Å². The van der Waals surface area contributed by atoms with Crippen LogP contribution in [0.1, 0.15) is 78.6 Å². The van der Waals surface area contributed by atoms with Crippen molar-refractivity contribution in [2.24, 2.45) is 0 Å². The summed E-state index contributed by atoms with van der Waals surface area (Å²) in [6, 6.07) is 7.35. The van der Waals surface area contributed by atoms with Gasteiger partial charge < -0.3 is 0 Å². The summed E-state index contributed by atoms with van der Waals surface area (Å²) in [5, 5.41) is 9.72.